The number of fused-ring (bicyclic) bond motifs is 1. The lowest BCUT2D eigenvalue weighted by atomic mass is 10.1. The van der Waals surface area contributed by atoms with Crippen LogP contribution in [0.4, 0.5) is 11.4 Å². The second-order valence-corrected chi connectivity index (χ2v) is 10.9. The van der Waals surface area contributed by atoms with Crippen LogP contribution in [-0.4, -0.2) is 51.3 Å². The van der Waals surface area contributed by atoms with Crippen LogP contribution in [-0.2, 0) is 26.0 Å². The van der Waals surface area contributed by atoms with Crippen molar-refractivity contribution in [2.75, 3.05) is 35.4 Å². The summed E-state index contributed by atoms with van der Waals surface area (Å²) in [5.41, 5.74) is 3.22. The molecule has 8 heteroatoms. The van der Waals surface area contributed by atoms with Crippen LogP contribution in [0.25, 0.3) is 0 Å². The number of nitrogens with zero attached hydrogens (tertiary/aromatic N) is 3. The van der Waals surface area contributed by atoms with Gasteiger partial charge in [-0.1, -0.05) is 12.1 Å². The molecule has 0 atom stereocenters. The minimum absolute atomic E-state index is 0.0460. The van der Waals surface area contributed by atoms with Crippen molar-refractivity contribution >= 4 is 33.2 Å². The molecule has 2 amide bonds. The Kier molecular flexibility index (Phi) is 7.26. The molecule has 34 heavy (non-hydrogen) atoms. The maximum Gasteiger partial charge on any atom is 0.264 e. The van der Waals surface area contributed by atoms with Crippen LogP contribution in [0, 0.1) is 6.92 Å². The van der Waals surface area contributed by atoms with E-state index in [4.69, 9.17) is 0 Å². The summed E-state index contributed by atoms with van der Waals surface area (Å²) >= 11 is 0. The Morgan fingerprint density at radius 3 is 2.38 bits per heavy atom. The number of sulfonamides is 1. The van der Waals surface area contributed by atoms with Gasteiger partial charge in [-0.05, 0) is 81.0 Å². The Morgan fingerprint density at radius 1 is 0.941 bits per heavy atom. The zero-order valence-corrected chi connectivity index (χ0v) is 20.8. The van der Waals surface area contributed by atoms with Gasteiger partial charge in [0.25, 0.3) is 10.0 Å². The zero-order valence-electron chi connectivity index (χ0n) is 20.0. The zero-order chi connectivity index (χ0) is 24.3. The summed E-state index contributed by atoms with van der Waals surface area (Å²) in [7, 11) is -3.73. The molecule has 0 aromatic heterocycles. The monoisotopic (exact) mass is 483 g/mol. The SMILES string of the molecule is CCN(c1cccc(C)c1)S(=O)(=O)c1ccc2c(c1)CCN2C(=O)CCC(=O)N1CCCCC1. The highest BCUT2D eigenvalue weighted by atomic mass is 32.2. The van der Waals surface area contributed by atoms with Crippen LogP contribution >= 0.6 is 0 Å². The number of amides is 2. The fourth-order valence-corrected chi connectivity index (χ4v) is 6.37. The van der Waals surface area contributed by atoms with Crippen LogP contribution in [0.3, 0.4) is 0 Å². The summed E-state index contributed by atoms with van der Waals surface area (Å²) in [6.45, 7) is 6.15. The third kappa shape index (κ3) is 4.97. The van der Waals surface area contributed by atoms with Gasteiger partial charge in [0.05, 0.1) is 10.6 Å². The lowest BCUT2D eigenvalue weighted by molar-refractivity contribution is -0.133. The molecular weight excluding hydrogens is 450 g/mol. The Balaban J connectivity index is 1.47. The Hall–Kier alpha value is -2.87. The number of likely N-dealkylation sites (tertiary alicyclic amines) is 1. The molecule has 1 fully saturated rings. The quantitative estimate of drug-likeness (QED) is 0.599. The first-order valence-corrected chi connectivity index (χ1v) is 13.6. The van der Waals surface area contributed by atoms with E-state index in [-0.39, 0.29) is 29.6 Å². The molecule has 0 saturated carbocycles. The number of anilines is 2. The van der Waals surface area contributed by atoms with Crippen LogP contribution in [0.15, 0.2) is 47.4 Å². The van der Waals surface area contributed by atoms with Gasteiger partial charge in [-0.25, -0.2) is 8.42 Å². The highest BCUT2D eigenvalue weighted by Crippen LogP contribution is 2.33. The van der Waals surface area contributed by atoms with Gasteiger partial charge >= 0.3 is 0 Å². The topological polar surface area (TPSA) is 78.0 Å². The van der Waals surface area contributed by atoms with Crippen LogP contribution in [0.5, 0.6) is 0 Å². The normalized spacial score (nSPS) is 15.8. The Bertz CT molecular complexity index is 1170. The fourth-order valence-electron chi connectivity index (χ4n) is 4.85. The largest absolute Gasteiger partial charge is 0.343 e. The molecule has 1 saturated heterocycles. The van der Waals surface area contributed by atoms with E-state index >= 15 is 0 Å². The van der Waals surface area contributed by atoms with Crippen molar-refractivity contribution in [3.63, 3.8) is 0 Å². The first-order chi connectivity index (χ1) is 16.3. The van der Waals surface area contributed by atoms with Gasteiger partial charge in [0, 0.05) is 44.7 Å². The molecule has 0 radical (unpaired) electrons. The summed E-state index contributed by atoms with van der Waals surface area (Å²) in [5, 5.41) is 0. The van der Waals surface area contributed by atoms with Crippen molar-refractivity contribution in [3.05, 3.63) is 53.6 Å². The van der Waals surface area contributed by atoms with Gasteiger partial charge < -0.3 is 9.80 Å². The third-order valence-electron chi connectivity index (χ3n) is 6.67. The predicted octanol–water partition coefficient (Wildman–Crippen LogP) is 3.89. The minimum atomic E-state index is -3.73. The van der Waals surface area contributed by atoms with E-state index in [1.54, 1.807) is 29.2 Å². The van der Waals surface area contributed by atoms with Crippen LogP contribution < -0.4 is 9.21 Å². The summed E-state index contributed by atoms with van der Waals surface area (Å²) in [4.78, 5) is 29.1. The maximum atomic E-state index is 13.4. The van der Waals surface area contributed by atoms with Crippen molar-refractivity contribution in [2.24, 2.45) is 0 Å². The number of hydrogen-bond acceptors (Lipinski definition) is 4. The first kappa shape index (κ1) is 24.3. The minimum Gasteiger partial charge on any atom is -0.343 e. The van der Waals surface area contributed by atoms with E-state index < -0.39 is 10.0 Å². The smallest absolute Gasteiger partial charge is 0.264 e. The number of hydrogen-bond donors (Lipinski definition) is 0. The highest BCUT2D eigenvalue weighted by molar-refractivity contribution is 7.92. The van der Waals surface area contributed by atoms with Crippen molar-refractivity contribution in [1.29, 1.82) is 0 Å². The second kappa shape index (κ2) is 10.2. The van der Waals surface area contributed by atoms with E-state index in [2.05, 4.69) is 0 Å². The molecule has 0 N–H and O–H groups in total. The third-order valence-corrected chi connectivity index (χ3v) is 8.57. The molecule has 0 spiro atoms. The molecular formula is C26H33N3O4S. The molecule has 2 aliphatic heterocycles. The molecule has 0 aliphatic carbocycles. The Labute approximate surface area is 202 Å². The van der Waals surface area contributed by atoms with Crippen molar-refractivity contribution in [3.8, 4) is 0 Å². The number of carbonyl (C=O) groups excluding carboxylic acids is 2. The average molecular weight is 484 g/mol. The predicted molar refractivity (Wildman–Crippen MR) is 134 cm³/mol. The molecule has 7 nitrogen and oxygen atoms in total. The highest BCUT2D eigenvalue weighted by Gasteiger charge is 2.29. The van der Waals surface area contributed by atoms with Gasteiger partial charge in [-0.15, -0.1) is 0 Å². The molecule has 2 aliphatic rings. The lowest BCUT2D eigenvalue weighted by Gasteiger charge is -2.27. The molecule has 0 bridgehead atoms. The average Bonchev–Trinajstić information content (AvgIpc) is 3.27. The van der Waals surface area contributed by atoms with E-state index in [0.717, 1.165) is 49.2 Å². The molecule has 2 aromatic carbocycles. The summed E-state index contributed by atoms with van der Waals surface area (Å²) < 4.78 is 28.3. The molecule has 2 aromatic rings. The van der Waals surface area contributed by atoms with Crippen molar-refractivity contribution in [1.82, 2.24) is 4.90 Å². The van der Waals surface area contributed by atoms with Gasteiger partial charge in [-0.3, -0.25) is 13.9 Å². The summed E-state index contributed by atoms with van der Waals surface area (Å²) in [6, 6.07) is 12.4. The molecule has 2 heterocycles. The number of carbonyl (C=O) groups is 2. The van der Waals surface area contributed by atoms with Gasteiger partial charge in [0.1, 0.15) is 0 Å². The number of aryl methyl sites for hydroxylation is 1. The van der Waals surface area contributed by atoms with E-state index in [1.807, 2.05) is 36.9 Å². The summed E-state index contributed by atoms with van der Waals surface area (Å²) in [6.07, 6.45) is 4.21. The van der Waals surface area contributed by atoms with Crippen LogP contribution in [0.2, 0.25) is 0 Å². The fraction of sp³-hybridized carbons (Fsp3) is 0.462. The standard InChI is InChI=1S/C26H33N3O4S/c1-3-29(22-9-7-8-20(2)18-22)34(32,33)23-10-11-24-21(19-23)14-17-28(24)26(31)13-12-25(30)27-15-5-4-6-16-27/h7-11,18-19H,3-6,12-17H2,1-2H3. The van der Waals surface area contributed by atoms with Crippen molar-refractivity contribution in [2.45, 2.75) is 57.3 Å². The Morgan fingerprint density at radius 2 is 1.68 bits per heavy atom. The first-order valence-electron chi connectivity index (χ1n) is 12.1. The van der Waals surface area contributed by atoms with Crippen LogP contribution in [0.1, 0.15) is 50.2 Å². The summed E-state index contributed by atoms with van der Waals surface area (Å²) in [5.74, 6) is -0.0422. The maximum absolute atomic E-state index is 13.4. The number of rotatable bonds is 7. The van der Waals surface area contributed by atoms with Gasteiger partial charge in [0.2, 0.25) is 11.8 Å². The van der Waals surface area contributed by atoms with Crippen molar-refractivity contribution < 1.29 is 18.0 Å². The molecule has 182 valence electrons. The molecule has 0 unspecified atom stereocenters. The number of piperidine rings is 1. The van der Waals surface area contributed by atoms with Gasteiger partial charge in [-0.2, -0.15) is 0 Å². The van der Waals surface area contributed by atoms with Gasteiger partial charge in [0.15, 0.2) is 0 Å². The number of benzene rings is 2. The second-order valence-electron chi connectivity index (χ2n) is 9.04. The molecule has 4 rings (SSSR count). The van der Waals surface area contributed by atoms with E-state index in [0.29, 0.717) is 25.2 Å². The lowest BCUT2D eigenvalue weighted by Crippen LogP contribution is -2.37. The van der Waals surface area contributed by atoms with E-state index in [9.17, 15) is 18.0 Å². The van der Waals surface area contributed by atoms with E-state index in [1.165, 1.54) is 4.31 Å².